The van der Waals surface area contributed by atoms with Gasteiger partial charge in [0.05, 0.1) is 23.7 Å². The molecule has 0 bridgehead atoms. The highest BCUT2D eigenvalue weighted by molar-refractivity contribution is 9.10. The van der Waals surface area contributed by atoms with Crippen LogP contribution in [0.3, 0.4) is 0 Å². The number of aliphatic hydroxyl groups is 1. The highest BCUT2D eigenvalue weighted by Crippen LogP contribution is 2.38. The van der Waals surface area contributed by atoms with Crippen LogP contribution < -0.4 is 14.8 Å². The van der Waals surface area contributed by atoms with Gasteiger partial charge in [0.25, 0.3) is 11.9 Å². The van der Waals surface area contributed by atoms with Gasteiger partial charge in [-0.1, -0.05) is 0 Å². The van der Waals surface area contributed by atoms with E-state index in [1.807, 2.05) is 11.5 Å². The fraction of sp³-hybridized carbons (Fsp3) is 0.263. The Morgan fingerprint density at radius 2 is 2.10 bits per heavy atom. The lowest BCUT2D eigenvalue weighted by atomic mass is 10.1. The third-order valence-corrected chi connectivity index (χ3v) is 5.38. The fourth-order valence-electron chi connectivity index (χ4n) is 3.29. The van der Waals surface area contributed by atoms with Crippen molar-refractivity contribution in [2.45, 2.75) is 24.6 Å². The van der Waals surface area contributed by atoms with Crippen LogP contribution in [0.5, 0.6) is 11.8 Å². The van der Waals surface area contributed by atoms with E-state index in [2.05, 4.69) is 31.0 Å². The molecule has 0 spiro atoms. The van der Waals surface area contributed by atoms with Crippen molar-refractivity contribution in [1.82, 2.24) is 9.55 Å². The molecule has 0 aliphatic carbocycles. The van der Waals surface area contributed by atoms with Crippen molar-refractivity contribution in [3.63, 3.8) is 0 Å². The zero-order valence-electron chi connectivity index (χ0n) is 15.4. The van der Waals surface area contributed by atoms with Crippen LogP contribution in [0.2, 0.25) is 0 Å². The molecule has 0 radical (unpaired) electrons. The van der Waals surface area contributed by atoms with E-state index in [-0.39, 0.29) is 24.5 Å². The number of carbonyl (C=O) groups is 1. The average molecular weight is 503 g/mol. The molecule has 2 aromatic carbocycles. The van der Waals surface area contributed by atoms with E-state index in [9.17, 15) is 18.7 Å². The van der Waals surface area contributed by atoms with Crippen molar-refractivity contribution in [2.75, 3.05) is 11.9 Å². The number of hydrogen-bond acceptors (Lipinski definition) is 5. The van der Waals surface area contributed by atoms with Crippen LogP contribution in [-0.4, -0.2) is 38.8 Å². The largest absolute Gasteiger partial charge is 0.487 e. The molecule has 1 amide bonds. The number of fused-ring (bicyclic) bond motifs is 3. The highest BCUT2D eigenvalue weighted by Gasteiger charge is 2.34. The van der Waals surface area contributed by atoms with Gasteiger partial charge in [0.15, 0.2) is 0 Å². The Hall–Kier alpha value is -2.43. The van der Waals surface area contributed by atoms with Crippen LogP contribution in [0.15, 0.2) is 40.9 Å². The van der Waals surface area contributed by atoms with Crippen LogP contribution in [0.1, 0.15) is 23.3 Å². The number of anilines is 1. The van der Waals surface area contributed by atoms with E-state index in [1.54, 1.807) is 12.1 Å². The Kier molecular flexibility index (Phi) is 5.33. The van der Waals surface area contributed by atoms with Gasteiger partial charge in [-0.15, -0.1) is 8.78 Å². The monoisotopic (exact) mass is 501 g/mol. The summed E-state index contributed by atoms with van der Waals surface area (Å²) in [6.07, 6.45) is -0.377. The molecule has 0 saturated carbocycles. The van der Waals surface area contributed by atoms with Crippen molar-refractivity contribution >= 4 is 50.2 Å². The molecule has 7 nitrogen and oxygen atoms in total. The molecule has 158 valence electrons. The predicted octanol–water partition coefficient (Wildman–Crippen LogP) is 4.53. The van der Waals surface area contributed by atoms with Crippen molar-refractivity contribution in [1.29, 1.82) is 0 Å². The van der Waals surface area contributed by atoms with Crippen molar-refractivity contribution in [3.05, 3.63) is 46.4 Å². The minimum atomic E-state index is -3.81. The first-order chi connectivity index (χ1) is 14.2. The molecule has 11 heteroatoms. The topological polar surface area (TPSA) is 85.6 Å². The lowest BCUT2D eigenvalue weighted by Crippen LogP contribution is -2.23. The minimum absolute atomic E-state index is 0.118. The maximum atomic E-state index is 12.7. The van der Waals surface area contributed by atoms with Gasteiger partial charge in [-0.2, -0.15) is 4.98 Å². The Bertz CT molecular complexity index is 1120. The maximum Gasteiger partial charge on any atom is 0.487 e. The first-order valence-electron chi connectivity index (χ1n) is 8.82. The minimum Gasteiger partial charge on any atom is -0.457 e. The Morgan fingerprint density at radius 1 is 1.40 bits per heavy atom. The van der Waals surface area contributed by atoms with E-state index in [0.717, 1.165) is 5.52 Å². The number of aromatic nitrogens is 2. The smallest absolute Gasteiger partial charge is 0.457 e. The van der Waals surface area contributed by atoms with Crippen molar-refractivity contribution in [2.24, 2.45) is 0 Å². The lowest BCUT2D eigenvalue weighted by Gasteiger charge is -2.14. The summed E-state index contributed by atoms with van der Waals surface area (Å²) in [4.78, 5) is 17.1. The second-order valence-electron chi connectivity index (χ2n) is 6.70. The zero-order chi connectivity index (χ0) is 21.6. The normalized spacial score (nSPS) is 18.2. The molecule has 4 rings (SSSR count). The second kappa shape index (κ2) is 7.68. The molecule has 1 aliphatic rings. The van der Waals surface area contributed by atoms with Gasteiger partial charge < -0.3 is 19.9 Å². The first kappa shape index (κ1) is 20.8. The zero-order valence-corrected chi connectivity index (χ0v) is 17.7. The molecule has 3 aromatic rings. The third kappa shape index (κ3) is 3.94. The SMILES string of the molecule is C[C@H]1[C@@H](CO)Oc2nc3cc(C(=O)Nc4ccc(OC(F)(F)Cl)cc4)cc(Br)c3n21. The highest BCUT2D eigenvalue weighted by atomic mass is 79.9. The molecule has 2 N–H and O–H groups in total. The summed E-state index contributed by atoms with van der Waals surface area (Å²) in [5.41, 5.74) is -1.77. The maximum absolute atomic E-state index is 12.7. The molecule has 0 unspecified atom stereocenters. The Labute approximate surface area is 182 Å². The van der Waals surface area contributed by atoms with Gasteiger partial charge in [0, 0.05) is 27.3 Å². The number of carbonyl (C=O) groups excluding carboxylic acids is 1. The number of hydrogen-bond donors (Lipinski definition) is 2. The number of aliphatic hydroxyl groups excluding tert-OH is 1. The number of rotatable bonds is 5. The van der Waals surface area contributed by atoms with E-state index < -0.39 is 11.5 Å². The van der Waals surface area contributed by atoms with Crippen LogP contribution in [0, 0.1) is 0 Å². The number of halogens is 4. The Balaban J connectivity index is 1.56. The van der Waals surface area contributed by atoms with Crippen molar-refractivity contribution in [3.8, 4) is 11.8 Å². The summed E-state index contributed by atoms with van der Waals surface area (Å²) in [7, 11) is 0. The van der Waals surface area contributed by atoms with Gasteiger partial charge in [-0.3, -0.25) is 9.36 Å². The van der Waals surface area contributed by atoms with Crippen LogP contribution in [0.25, 0.3) is 11.0 Å². The summed E-state index contributed by atoms with van der Waals surface area (Å²) < 4.78 is 37.8. The number of benzene rings is 2. The van der Waals surface area contributed by atoms with Gasteiger partial charge in [0.2, 0.25) is 0 Å². The Morgan fingerprint density at radius 3 is 2.73 bits per heavy atom. The molecule has 1 aliphatic heterocycles. The van der Waals surface area contributed by atoms with Gasteiger partial charge >= 0.3 is 5.57 Å². The molecular weight excluding hydrogens is 488 g/mol. The molecule has 0 fully saturated rings. The fourth-order valence-corrected chi connectivity index (χ4v) is 4.02. The van der Waals surface area contributed by atoms with Gasteiger partial charge in [-0.05, 0) is 59.3 Å². The quantitative estimate of drug-likeness (QED) is 0.501. The van der Waals surface area contributed by atoms with E-state index >= 15 is 0 Å². The number of amides is 1. The molecule has 0 saturated heterocycles. The van der Waals surface area contributed by atoms with Crippen LogP contribution in [0.4, 0.5) is 14.5 Å². The van der Waals surface area contributed by atoms with Crippen LogP contribution in [-0.2, 0) is 0 Å². The predicted molar refractivity (Wildman–Crippen MR) is 109 cm³/mol. The van der Waals surface area contributed by atoms with Crippen LogP contribution >= 0.6 is 27.5 Å². The standard InChI is InChI=1S/C19H15BrClF2N3O4/c1-9-15(8-27)29-18-25-14-7-10(6-13(20)16(14)26(9)18)17(28)24-11-2-4-12(5-3-11)30-19(21,22)23/h2-7,9,15,27H,8H2,1H3,(H,24,28)/t9-,15+/m0/s1. The van der Waals surface area contributed by atoms with Gasteiger partial charge in [0.1, 0.15) is 11.9 Å². The van der Waals surface area contributed by atoms with E-state index in [0.29, 0.717) is 27.3 Å². The number of nitrogens with one attached hydrogen (secondary N) is 1. The molecule has 2 heterocycles. The van der Waals surface area contributed by atoms with E-state index in [1.165, 1.54) is 24.3 Å². The van der Waals surface area contributed by atoms with Gasteiger partial charge in [-0.25, -0.2) is 0 Å². The second-order valence-corrected chi connectivity index (χ2v) is 7.99. The average Bonchev–Trinajstić information content (AvgIpc) is 3.18. The summed E-state index contributed by atoms with van der Waals surface area (Å²) in [6.45, 7) is 1.79. The molecule has 2 atom stereocenters. The first-order valence-corrected chi connectivity index (χ1v) is 9.99. The summed E-state index contributed by atoms with van der Waals surface area (Å²) in [6, 6.07) is 8.89. The summed E-state index contributed by atoms with van der Waals surface area (Å²) in [5, 5.41) is 12.1. The molecular formula is C19H15BrClF2N3O4. The molecule has 1 aromatic heterocycles. The third-order valence-electron chi connectivity index (χ3n) is 4.70. The lowest BCUT2D eigenvalue weighted by molar-refractivity contribution is -0.0964. The summed E-state index contributed by atoms with van der Waals surface area (Å²) in [5.74, 6) is -0.552. The summed E-state index contributed by atoms with van der Waals surface area (Å²) >= 11 is 8.21. The molecule has 30 heavy (non-hydrogen) atoms. The van der Waals surface area contributed by atoms with Crippen molar-refractivity contribution < 1.29 is 28.2 Å². The number of nitrogens with zero attached hydrogens (tertiary/aromatic N) is 2. The van der Waals surface area contributed by atoms with E-state index in [4.69, 9.17) is 16.3 Å². The number of imidazole rings is 1. The number of ether oxygens (including phenoxy) is 2. The number of alkyl halides is 3.